The van der Waals surface area contributed by atoms with Crippen LogP contribution >= 0.6 is 81.7 Å². The van der Waals surface area contributed by atoms with Gasteiger partial charge in [-0.25, -0.2) is 0 Å². The average molecular weight is 659 g/mol. The molecule has 0 aromatic rings. The number of hydrogen-bond acceptors (Lipinski definition) is 0. The smallest absolute Gasteiger partial charge is 0 e. The Hall–Kier alpha value is 6.78. The molecule has 0 N–H and O–H groups in total. The molecule has 0 saturated heterocycles. The quantitative estimate of drug-likeness (QED) is 0.341. The average Bonchev–Trinajstić information content (AvgIpc) is 0.592. The number of hydrogen-bond donors (Lipinski definition) is 0. The van der Waals surface area contributed by atoms with E-state index in [2.05, 4.69) is 81.7 Å². The second-order valence-electron chi connectivity index (χ2n) is 0.758. The molecule has 0 aliphatic carbocycles. The first-order valence-corrected chi connectivity index (χ1v) is 24.6. The topological polar surface area (TPSA) is 0 Å². The summed E-state index contributed by atoms with van der Waals surface area (Å²) in [6, 6.07) is 0. The van der Waals surface area contributed by atoms with Gasteiger partial charge in [-0.05, 0) is 0 Å². The van der Waals surface area contributed by atoms with Crippen molar-refractivity contribution >= 4 is 185 Å². The molecule has 9 heteroatoms. The minimum absolute atomic E-state index is 0. The zero-order chi connectivity index (χ0) is 6.41. The number of halogens is 6. The van der Waals surface area contributed by atoms with Gasteiger partial charge < -0.3 is 0 Å². The van der Waals surface area contributed by atoms with Gasteiger partial charge >= 0.3 is 82.4 Å². The predicted octanol–water partition coefficient (Wildman–Crippen LogP) is 4.31. The van der Waals surface area contributed by atoms with Gasteiger partial charge in [-0.15, -0.1) is 0 Å². The predicted molar refractivity (Wildman–Crippen MR) is 65.1 cm³/mol. The van der Waals surface area contributed by atoms with Crippen molar-refractivity contribution in [2.45, 2.75) is 0 Å². The molecule has 0 nitrogen and oxygen atoms in total. The fourth-order valence-electron chi connectivity index (χ4n) is 0. The van der Waals surface area contributed by atoms with Crippen LogP contribution < -0.4 is 0 Å². The van der Waals surface area contributed by atoms with Gasteiger partial charge in [0.05, 0.1) is 0 Å². The van der Waals surface area contributed by atoms with Crippen molar-refractivity contribution in [2.24, 2.45) is 0 Å². The summed E-state index contributed by atoms with van der Waals surface area (Å²) in [6.07, 6.45) is 0. The van der Waals surface area contributed by atoms with E-state index in [1.807, 2.05) is 0 Å². The van der Waals surface area contributed by atoms with Crippen LogP contribution in [0.25, 0.3) is 0 Å². The van der Waals surface area contributed by atoms with E-state index >= 15 is 0 Å². The summed E-state index contributed by atoms with van der Waals surface area (Å²) in [7, 11) is 0. The molecule has 0 unspecified atom stereocenters. The first-order chi connectivity index (χ1) is 2.45. The monoisotopic (exact) mass is 653 g/mol. The summed E-state index contributed by atoms with van der Waals surface area (Å²) in [5.41, 5.74) is 0. The Labute approximate surface area is 178 Å². The van der Waals surface area contributed by atoms with Gasteiger partial charge in [0.15, 0.2) is 0 Å². The van der Waals surface area contributed by atoms with Gasteiger partial charge in [-0.1, -0.05) is 0 Å². The normalized spacial score (nSPS) is 18.0. The first kappa shape index (κ1) is 21.1. The molecule has 0 aliphatic rings. The van der Waals surface area contributed by atoms with Gasteiger partial charge in [0, 0.05) is 103 Å². The zero-order valence-corrected chi connectivity index (χ0v) is 22.1. The summed E-state index contributed by atoms with van der Waals surface area (Å²) >= 11 is 20.1. The molecule has 0 saturated carbocycles. The Morgan fingerprint density at radius 2 is 0.556 bits per heavy atom. The summed E-state index contributed by atoms with van der Waals surface area (Å²) in [5.74, 6) is 0. The second-order valence-corrected chi connectivity index (χ2v) is 121. The van der Waals surface area contributed by atoms with Crippen molar-refractivity contribution in [1.82, 2.24) is 0 Å². The zero-order valence-electron chi connectivity index (χ0n) is 4.62. The molecule has 0 aromatic carbocycles. The molecule has 0 amide bonds. The van der Waals surface area contributed by atoms with E-state index in [0.29, 0.717) is 0 Å². The Kier molecular flexibility index (Phi) is 13.9. The van der Waals surface area contributed by atoms with E-state index in [9.17, 15) is 0 Å². The maximum absolute atomic E-state index is 3.34. The largest absolute Gasteiger partial charge is 0 e. The van der Waals surface area contributed by atoms with E-state index < -0.39 is 0.665 Å². The van der Waals surface area contributed by atoms with Crippen LogP contribution in [0.2, 0.25) is 0 Å². The van der Waals surface area contributed by atoms with E-state index in [0.717, 1.165) is 0 Å². The Balaban J connectivity index is -0.000000180. The van der Waals surface area contributed by atoms with Crippen LogP contribution in [0, 0.1) is 0 Å². The maximum Gasteiger partial charge on any atom is 0 e. The third kappa shape index (κ3) is 52.5. The van der Waals surface area contributed by atoms with E-state index in [1.165, 1.54) is 0 Å². The Morgan fingerprint density at radius 3 is 0.556 bits per heavy atom. The minimum Gasteiger partial charge on any atom is 0 e. The molecular weight excluding hydrogens is 659 g/mol. The van der Waals surface area contributed by atoms with Crippen molar-refractivity contribution < 1.29 is 0.665 Å². The van der Waals surface area contributed by atoms with Crippen LogP contribution in [0.1, 0.15) is 0 Å². The van der Waals surface area contributed by atoms with E-state index in [-0.39, 0.29) is 103 Å². The Bertz CT molecular complexity index is 69.6. The second kappa shape index (κ2) is 5.91. The summed E-state index contributed by atoms with van der Waals surface area (Å²) in [6.45, 7) is 0. The molecule has 0 heterocycles. The molecule has 52 valence electrons. The molecule has 0 aliphatic heterocycles. The van der Waals surface area contributed by atoms with Gasteiger partial charge in [-0.3, -0.25) is 0 Å². The van der Waals surface area contributed by atoms with Crippen LogP contribution in [0.3, 0.4) is 0 Å². The van der Waals surface area contributed by atoms with Crippen LogP contribution in [0.5, 0.6) is 0 Å². The van der Waals surface area contributed by atoms with Crippen LogP contribution in [0.15, 0.2) is 0 Å². The molecule has 9 heavy (non-hydrogen) atoms. The van der Waals surface area contributed by atoms with E-state index in [4.69, 9.17) is 0 Å². The molecule has 0 aromatic heterocycles. The molecule has 0 bridgehead atoms. The van der Waals surface area contributed by atoms with Crippen molar-refractivity contribution in [1.29, 1.82) is 0 Å². The molecular formula is Br6K2Ru. The van der Waals surface area contributed by atoms with Crippen molar-refractivity contribution in [2.75, 3.05) is 0 Å². The fourth-order valence-corrected chi connectivity index (χ4v) is 0. The maximum atomic E-state index is 3.34. The van der Waals surface area contributed by atoms with Gasteiger partial charge in [-0.2, -0.15) is 0 Å². The van der Waals surface area contributed by atoms with Gasteiger partial charge in [0.2, 0.25) is 0 Å². The molecule has 0 rings (SSSR count). The van der Waals surface area contributed by atoms with Crippen LogP contribution in [-0.2, 0) is 0.665 Å². The fraction of sp³-hybridized carbons (Fsp3) is 0. The summed E-state index contributed by atoms with van der Waals surface area (Å²) in [4.78, 5) is 0. The van der Waals surface area contributed by atoms with Gasteiger partial charge in [0.1, 0.15) is 0 Å². The number of rotatable bonds is 0. The Morgan fingerprint density at radius 1 is 0.556 bits per heavy atom. The van der Waals surface area contributed by atoms with Gasteiger partial charge in [0.25, 0.3) is 0 Å². The van der Waals surface area contributed by atoms with E-state index in [1.54, 1.807) is 0 Å². The van der Waals surface area contributed by atoms with Crippen molar-refractivity contribution in [3.63, 3.8) is 0 Å². The summed E-state index contributed by atoms with van der Waals surface area (Å²) < 4.78 is -3.18. The molecule has 0 spiro atoms. The molecule has 2 radical (unpaired) electrons. The van der Waals surface area contributed by atoms with Crippen molar-refractivity contribution in [3.8, 4) is 0 Å². The standard InChI is InChI=1S/6BrH.2K.Ru/h6*1H;;;/q;;;;;;;;+6/p-6. The minimum atomic E-state index is -3.18. The first-order valence-electron chi connectivity index (χ1n) is 0.802. The molecule has 0 atom stereocenters. The SMILES string of the molecule is [Br][Ru]([Br])([Br])([Br])([Br])[Br].[K].[K]. The third-order valence-corrected chi connectivity index (χ3v) is 0. The third-order valence-electron chi connectivity index (χ3n) is 0. The molecule has 0 fully saturated rings. The van der Waals surface area contributed by atoms with Crippen LogP contribution in [-0.4, -0.2) is 103 Å². The van der Waals surface area contributed by atoms with Crippen LogP contribution in [0.4, 0.5) is 0 Å². The van der Waals surface area contributed by atoms with Crippen molar-refractivity contribution in [3.05, 3.63) is 0 Å². The summed E-state index contributed by atoms with van der Waals surface area (Å²) in [5, 5.41) is 0.